The van der Waals surface area contributed by atoms with Crippen molar-refractivity contribution in [2.75, 3.05) is 11.9 Å². The number of carbonyl (C=O) groups is 2. The Kier molecular flexibility index (Phi) is 4.69. The van der Waals surface area contributed by atoms with Crippen LogP contribution in [0, 0.1) is 0 Å². The van der Waals surface area contributed by atoms with Gasteiger partial charge in [0.25, 0.3) is 0 Å². The van der Waals surface area contributed by atoms with Crippen LogP contribution in [0.5, 0.6) is 0 Å². The average molecular weight is 235 g/mol. The van der Waals surface area contributed by atoms with Gasteiger partial charge < -0.3 is 10.1 Å². The highest BCUT2D eigenvalue weighted by Gasteiger charge is 2.13. The van der Waals surface area contributed by atoms with Crippen molar-refractivity contribution >= 4 is 17.4 Å². The molecule has 0 aliphatic heterocycles. The second-order valence-electron chi connectivity index (χ2n) is 3.75. The summed E-state index contributed by atoms with van der Waals surface area (Å²) in [5, 5.41) is 3.01. The molecule has 0 amide bonds. The van der Waals surface area contributed by atoms with Crippen LogP contribution in [-0.2, 0) is 9.53 Å². The van der Waals surface area contributed by atoms with Crippen LogP contribution in [-0.4, -0.2) is 24.4 Å². The van der Waals surface area contributed by atoms with Crippen molar-refractivity contribution in [3.05, 3.63) is 29.8 Å². The van der Waals surface area contributed by atoms with Crippen LogP contribution in [0.1, 0.15) is 31.1 Å². The Morgan fingerprint density at radius 1 is 1.29 bits per heavy atom. The van der Waals surface area contributed by atoms with Crippen LogP contribution in [0.3, 0.4) is 0 Å². The lowest BCUT2D eigenvalue weighted by atomic mass is 10.1. The predicted octanol–water partition coefficient (Wildman–Crippen LogP) is 2.25. The van der Waals surface area contributed by atoms with Crippen molar-refractivity contribution in [2.24, 2.45) is 0 Å². The van der Waals surface area contributed by atoms with Crippen molar-refractivity contribution in [3.8, 4) is 0 Å². The van der Waals surface area contributed by atoms with Gasteiger partial charge in [0, 0.05) is 11.3 Å². The molecular weight excluding hydrogens is 218 g/mol. The summed E-state index contributed by atoms with van der Waals surface area (Å²) in [6, 6.07) is 6.59. The zero-order valence-corrected chi connectivity index (χ0v) is 10.3. The summed E-state index contributed by atoms with van der Waals surface area (Å²) in [5.41, 5.74) is 1.44. The highest BCUT2D eigenvalue weighted by molar-refractivity contribution is 5.94. The van der Waals surface area contributed by atoms with Gasteiger partial charge in [-0.05, 0) is 45.0 Å². The maximum absolute atomic E-state index is 11.4. The molecule has 0 saturated carbocycles. The average Bonchev–Trinajstić information content (AvgIpc) is 2.30. The second kappa shape index (κ2) is 6.03. The summed E-state index contributed by atoms with van der Waals surface area (Å²) in [5.74, 6) is -0.266. The zero-order chi connectivity index (χ0) is 12.8. The lowest BCUT2D eigenvalue weighted by molar-refractivity contribution is -0.143. The molecule has 0 saturated heterocycles. The minimum atomic E-state index is -0.405. The van der Waals surface area contributed by atoms with E-state index in [1.807, 2.05) is 0 Å². The largest absolute Gasteiger partial charge is 0.464 e. The highest BCUT2D eigenvalue weighted by Crippen LogP contribution is 2.11. The van der Waals surface area contributed by atoms with E-state index in [4.69, 9.17) is 4.74 Å². The van der Waals surface area contributed by atoms with Crippen molar-refractivity contribution in [3.63, 3.8) is 0 Å². The van der Waals surface area contributed by atoms with E-state index in [1.54, 1.807) is 38.1 Å². The molecule has 4 nitrogen and oxygen atoms in total. The van der Waals surface area contributed by atoms with Crippen LogP contribution in [0.2, 0.25) is 0 Å². The first-order valence-electron chi connectivity index (χ1n) is 5.58. The van der Waals surface area contributed by atoms with Crippen molar-refractivity contribution in [1.29, 1.82) is 0 Å². The van der Waals surface area contributed by atoms with E-state index in [2.05, 4.69) is 5.32 Å². The zero-order valence-electron chi connectivity index (χ0n) is 10.3. The molecule has 0 aliphatic carbocycles. The Morgan fingerprint density at radius 3 is 2.35 bits per heavy atom. The lowest BCUT2D eigenvalue weighted by Crippen LogP contribution is -2.28. The van der Waals surface area contributed by atoms with E-state index in [0.29, 0.717) is 12.2 Å². The number of carbonyl (C=O) groups excluding carboxylic acids is 2. The molecule has 1 atom stereocenters. The molecule has 1 rings (SSSR count). The SMILES string of the molecule is CCOC(=O)C(C)Nc1ccc(C(C)=O)cc1. The van der Waals surface area contributed by atoms with E-state index in [9.17, 15) is 9.59 Å². The molecule has 0 spiro atoms. The number of hydrogen-bond acceptors (Lipinski definition) is 4. The van der Waals surface area contributed by atoms with Gasteiger partial charge in [0.2, 0.25) is 0 Å². The first-order chi connectivity index (χ1) is 8.04. The van der Waals surface area contributed by atoms with Crippen LogP contribution < -0.4 is 5.32 Å². The Balaban J connectivity index is 2.63. The first kappa shape index (κ1) is 13.2. The standard InChI is InChI=1S/C13H17NO3/c1-4-17-13(16)9(2)14-12-7-5-11(6-8-12)10(3)15/h5-9,14H,4H2,1-3H3. The number of hydrogen-bond donors (Lipinski definition) is 1. The minimum absolute atomic E-state index is 0.0231. The molecule has 1 unspecified atom stereocenters. The molecule has 0 bridgehead atoms. The first-order valence-corrected chi connectivity index (χ1v) is 5.58. The fourth-order valence-electron chi connectivity index (χ4n) is 1.38. The van der Waals surface area contributed by atoms with Crippen molar-refractivity contribution in [1.82, 2.24) is 0 Å². The molecule has 0 fully saturated rings. The molecule has 17 heavy (non-hydrogen) atoms. The van der Waals surface area contributed by atoms with E-state index in [-0.39, 0.29) is 11.8 Å². The van der Waals surface area contributed by atoms with Crippen molar-refractivity contribution in [2.45, 2.75) is 26.8 Å². The Hall–Kier alpha value is -1.84. The maximum atomic E-state index is 11.4. The topological polar surface area (TPSA) is 55.4 Å². The third-order valence-corrected chi connectivity index (χ3v) is 2.31. The number of benzene rings is 1. The predicted molar refractivity (Wildman–Crippen MR) is 66.2 cm³/mol. The molecule has 1 aromatic rings. The number of esters is 1. The fourth-order valence-corrected chi connectivity index (χ4v) is 1.38. The molecule has 92 valence electrons. The normalized spacial score (nSPS) is 11.7. The number of anilines is 1. The Morgan fingerprint density at radius 2 is 1.88 bits per heavy atom. The molecule has 0 aromatic heterocycles. The lowest BCUT2D eigenvalue weighted by Gasteiger charge is -2.13. The fraction of sp³-hybridized carbons (Fsp3) is 0.385. The Bertz CT molecular complexity index is 398. The second-order valence-corrected chi connectivity index (χ2v) is 3.75. The molecule has 0 radical (unpaired) electrons. The number of nitrogens with one attached hydrogen (secondary N) is 1. The van der Waals surface area contributed by atoms with Gasteiger partial charge in [-0.25, -0.2) is 4.79 Å². The number of rotatable bonds is 5. The Labute approximate surface area is 101 Å². The van der Waals surface area contributed by atoms with E-state index < -0.39 is 6.04 Å². The smallest absolute Gasteiger partial charge is 0.328 e. The summed E-state index contributed by atoms with van der Waals surface area (Å²) < 4.78 is 4.88. The number of ketones is 1. The van der Waals surface area contributed by atoms with Gasteiger partial charge in [-0.15, -0.1) is 0 Å². The van der Waals surface area contributed by atoms with Gasteiger partial charge in [-0.2, -0.15) is 0 Å². The number of Topliss-reactive ketones (excluding diaryl/α,β-unsaturated/α-hetero) is 1. The summed E-state index contributed by atoms with van der Waals surface area (Å²) in [4.78, 5) is 22.5. The van der Waals surface area contributed by atoms with E-state index >= 15 is 0 Å². The van der Waals surface area contributed by atoms with Gasteiger partial charge in [0.05, 0.1) is 6.61 Å². The molecular formula is C13H17NO3. The monoisotopic (exact) mass is 235 g/mol. The minimum Gasteiger partial charge on any atom is -0.464 e. The van der Waals surface area contributed by atoms with Gasteiger partial charge in [0.1, 0.15) is 6.04 Å². The van der Waals surface area contributed by atoms with Crippen LogP contribution in [0.15, 0.2) is 24.3 Å². The summed E-state index contributed by atoms with van der Waals surface area (Å²) in [6.07, 6.45) is 0. The summed E-state index contributed by atoms with van der Waals surface area (Å²) in [6.45, 7) is 5.39. The molecule has 1 aromatic carbocycles. The molecule has 0 heterocycles. The van der Waals surface area contributed by atoms with Gasteiger partial charge in [0.15, 0.2) is 5.78 Å². The molecule has 0 aliphatic rings. The van der Waals surface area contributed by atoms with E-state index in [1.165, 1.54) is 6.92 Å². The third kappa shape index (κ3) is 3.90. The van der Waals surface area contributed by atoms with Gasteiger partial charge >= 0.3 is 5.97 Å². The number of ether oxygens (including phenoxy) is 1. The molecule has 1 N–H and O–H groups in total. The van der Waals surface area contributed by atoms with Crippen molar-refractivity contribution < 1.29 is 14.3 Å². The van der Waals surface area contributed by atoms with Crippen LogP contribution >= 0.6 is 0 Å². The summed E-state index contributed by atoms with van der Waals surface area (Å²) in [7, 11) is 0. The quantitative estimate of drug-likeness (QED) is 0.628. The van der Waals surface area contributed by atoms with E-state index in [0.717, 1.165) is 5.69 Å². The molecule has 4 heteroatoms. The van der Waals surface area contributed by atoms with Crippen LogP contribution in [0.25, 0.3) is 0 Å². The van der Waals surface area contributed by atoms with Gasteiger partial charge in [-0.1, -0.05) is 0 Å². The van der Waals surface area contributed by atoms with Gasteiger partial charge in [-0.3, -0.25) is 4.79 Å². The maximum Gasteiger partial charge on any atom is 0.328 e. The van der Waals surface area contributed by atoms with Crippen LogP contribution in [0.4, 0.5) is 5.69 Å². The highest BCUT2D eigenvalue weighted by atomic mass is 16.5. The third-order valence-electron chi connectivity index (χ3n) is 2.31. The summed E-state index contributed by atoms with van der Waals surface area (Å²) >= 11 is 0.